The number of nitrogens with zero attached hydrogens (tertiary/aromatic N) is 3. The van der Waals surface area contributed by atoms with E-state index in [9.17, 15) is 4.39 Å². The highest BCUT2D eigenvalue weighted by atomic mass is 19.1. The molecule has 0 unspecified atom stereocenters. The normalized spacial score (nSPS) is 15.8. The lowest BCUT2D eigenvalue weighted by Crippen LogP contribution is -2.25. The zero-order valence-corrected chi connectivity index (χ0v) is 14.8. The Labute approximate surface area is 148 Å². The first-order valence-electron chi connectivity index (χ1n) is 8.94. The van der Waals surface area contributed by atoms with Crippen LogP contribution >= 0.6 is 0 Å². The maximum absolute atomic E-state index is 13.3. The van der Waals surface area contributed by atoms with Gasteiger partial charge < -0.3 is 15.4 Å². The number of likely N-dealkylation sites (N-methyl/N-ethyl adjacent to an activating group) is 1. The third-order valence-electron chi connectivity index (χ3n) is 4.69. The van der Waals surface area contributed by atoms with Crippen LogP contribution in [0.5, 0.6) is 0 Å². The van der Waals surface area contributed by atoms with E-state index in [1.54, 1.807) is 12.1 Å². The smallest absolute Gasteiger partial charge is 0.123 e. The Morgan fingerprint density at radius 2 is 2.00 bits per heavy atom. The van der Waals surface area contributed by atoms with Crippen LogP contribution in [0, 0.1) is 11.7 Å². The van der Waals surface area contributed by atoms with Crippen molar-refractivity contribution >= 4 is 0 Å². The Kier molecular flexibility index (Phi) is 6.18. The van der Waals surface area contributed by atoms with Gasteiger partial charge in [-0.1, -0.05) is 0 Å². The Morgan fingerprint density at radius 3 is 2.68 bits per heavy atom. The SMILES string of the molecule is CN(CCN)Cc1cn(CC2CCOCC2)nc1-c1ccc(F)cc1. The molecule has 6 heteroatoms. The third kappa shape index (κ3) is 4.87. The highest BCUT2D eigenvalue weighted by Crippen LogP contribution is 2.25. The molecule has 0 radical (unpaired) electrons. The van der Waals surface area contributed by atoms with Crippen LogP contribution in [-0.4, -0.2) is 48.0 Å². The Morgan fingerprint density at radius 1 is 1.28 bits per heavy atom. The molecule has 0 saturated carbocycles. The lowest BCUT2D eigenvalue weighted by molar-refractivity contribution is 0.0601. The lowest BCUT2D eigenvalue weighted by Gasteiger charge is -2.21. The van der Waals surface area contributed by atoms with Gasteiger partial charge in [-0.2, -0.15) is 5.10 Å². The molecule has 0 aliphatic carbocycles. The van der Waals surface area contributed by atoms with Crippen molar-refractivity contribution in [1.82, 2.24) is 14.7 Å². The summed E-state index contributed by atoms with van der Waals surface area (Å²) in [7, 11) is 2.05. The van der Waals surface area contributed by atoms with Crippen molar-refractivity contribution in [3.63, 3.8) is 0 Å². The number of nitrogens with two attached hydrogens (primary N) is 1. The van der Waals surface area contributed by atoms with Gasteiger partial charge in [-0.05, 0) is 50.1 Å². The van der Waals surface area contributed by atoms with Gasteiger partial charge >= 0.3 is 0 Å². The van der Waals surface area contributed by atoms with Crippen molar-refractivity contribution in [1.29, 1.82) is 0 Å². The van der Waals surface area contributed by atoms with Gasteiger partial charge in [0, 0.05) is 56.7 Å². The second-order valence-electron chi connectivity index (χ2n) is 6.81. The predicted molar refractivity (Wildman–Crippen MR) is 96.6 cm³/mol. The summed E-state index contributed by atoms with van der Waals surface area (Å²) in [5.41, 5.74) is 8.68. The molecule has 1 aliphatic heterocycles. The number of hydrogen-bond donors (Lipinski definition) is 1. The van der Waals surface area contributed by atoms with E-state index in [-0.39, 0.29) is 5.82 Å². The first kappa shape index (κ1) is 18.0. The summed E-state index contributed by atoms with van der Waals surface area (Å²) in [4.78, 5) is 2.18. The molecule has 1 aromatic carbocycles. The van der Waals surface area contributed by atoms with E-state index >= 15 is 0 Å². The average molecular weight is 346 g/mol. The van der Waals surface area contributed by atoms with Crippen molar-refractivity contribution in [2.75, 3.05) is 33.4 Å². The van der Waals surface area contributed by atoms with Crippen molar-refractivity contribution in [3.05, 3.63) is 41.8 Å². The maximum atomic E-state index is 13.3. The van der Waals surface area contributed by atoms with Gasteiger partial charge in [0.1, 0.15) is 5.82 Å². The Balaban J connectivity index is 1.83. The summed E-state index contributed by atoms with van der Waals surface area (Å²) in [5, 5.41) is 4.81. The molecule has 1 aliphatic rings. The molecular weight excluding hydrogens is 319 g/mol. The molecule has 0 spiro atoms. The van der Waals surface area contributed by atoms with Crippen LogP contribution in [0.4, 0.5) is 4.39 Å². The van der Waals surface area contributed by atoms with E-state index in [4.69, 9.17) is 15.6 Å². The van der Waals surface area contributed by atoms with Gasteiger partial charge in [0.15, 0.2) is 0 Å². The first-order chi connectivity index (χ1) is 12.2. The van der Waals surface area contributed by atoms with Crippen LogP contribution in [0.2, 0.25) is 0 Å². The molecule has 3 rings (SSSR count). The summed E-state index contributed by atoms with van der Waals surface area (Å²) in [5.74, 6) is 0.372. The monoisotopic (exact) mass is 346 g/mol. The molecule has 1 aromatic heterocycles. The molecule has 0 atom stereocenters. The summed E-state index contributed by atoms with van der Waals surface area (Å²) >= 11 is 0. The number of benzene rings is 1. The first-order valence-corrected chi connectivity index (χ1v) is 8.94. The van der Waals surface area contributed by atoms with Crippen LogP contribution in [0.25, 0.3) is 11.3 Å². The Bertz CT molecular complexity index is 665. The van der Waals surface area contributed by atoms with Gasteiger partial charge in [-0.3, -0.25) is 4.68 Å². The van der Waals surface area contributed by atoms with Crippen molar-refractivity contribution in [2.24, 2.45) is 11.7 Å². The molecule has 0 amide bonds. The summed E-state index contributed by atoms with van der Waals surface area (Å²) in [6.45, 7) is 4.80. The van der Waals surface area contributed by atoms with E-state index in [2.05, 4.69) is 18.1 Å². The average Bonchev–Trinajstić information content (AvgIpc) is 2.99. The van der Waals surface area contributed by atoms with E-state index in [1.165, 1.54) is 12.1 Å². The van der Waals surface area contributed by atoms with Crippen molar-refractivity contribution in [3.8, 4) is 11.3 Å². The van der Waals surface area contributed by atoms with E-state index in [0.29, 0.717) is 12.5 Å². The zero-order chi connectivity index (χ0) is 17.6. The predicted octanol–water partition coefficient (Wildman–Crippen LogP) is 2.51. The summed E-state index contributed by atoms with van der Waals surface area (Å²) < 4.78 is 20.8. The number of aromatic nitrogens is 2. The molecule has 0 bridgehead atoms. The zero-order valence-electron chi connectivity index (χ0n) is 14.8. The Hall–Kier alpha value is -1.76. The molecule has 1 saturated heterocycles. The molecule has 25 heavy (non-hydrogen) atoms. The van der Waals surface area contributed by atoms with Gasteiger partial charge in [0.2, 0.25) is 0 Å². The number of rotatable bonds is 7. The lowest BCUT2D eigenvalue weighted by atomic mass is 10.0. The van der Waals surface area contributed by atoms with E-state index in [1.807, 2.05) is 4.68 Å². The van der Waals surface area contributed by atoms with Crippen LogP contribution in [-0.2, 0) is 17.8 Å². The largest absolute Gasteiger partial charge is 0.381 e. The molecule has 136 valence electrons. The van der Waals surface area contributed by atoms with Crippen LogP contribution in [0.1, 0.15) is 18.4 Å². The summed E-state index contributed by atoms with van der Waals surface area (Å²) in [6.07, 6.45) is 4.28. The van der Waals surface area contributed by atoms with Crippen molar-refractivity contribution in [2.45, 2.75) is 25.9 Å². The fourth-order valence-electron chi connectivity index (χ4n) is 3.31. The second-order valence-corrected chi connectivity index (χ2v) is 6.81. The van der Waals surface area contributed by atoms with Gasteiger partial charge in [0.25, 0.3) is 0 Å². The minimum absolute atomic E-state index is 0.229. The summed E-state index contributed by atoms with van der Waals surface area (Å²) in [6, 6.07) is 6.56. The standard InChI is InChI=1S/C19H27FN4O/c1-23(9-8-21)13-17-14-24(12-15-6-10-25-11-7-15)22-19(17)16-2-4-18(20)5-3-16/h2-5,14-15H,6-13,21H2,1H3. The molecule has 1 fully saturated rings. The molecule has 2 aromatic rings. The topological polar surface area (TPSA) is 56.3 Å². The van der Waals surface area contributed by atoms with E-state index in [0.717, 1.165) is 62.5 Å². The van der Waals surface area contributed by atoms with Gasteiger partial charge in [0.05, 0.1) is 5.69 Å². The number of hydrogen-bond acceptors (Lipinski definition) is 4. The minimum atomic E-state index is -0.229. The maximum Gasteiger partial charge on any atom is 0.123 e. The number of ether oxygens (including phenoxy) is 1. The fraction of sp³-hybridized carbons (Fsp3) is 0.526. The van der Waals surface area contributed by atoms with Gasteiger partial charge in [-0.15, -0.1) is 0 Å². The van der Waals surface area contributed by atoms with Crippen LogP contribution in [0.3, 0.4) is 0 Å². The minimum Gasteiger partial charge on any atom is -0.381 e. The quantitative estimate of drug-likeness (QED) is 0.837. The molecule has 5 nitrogen and oxygen atoms in total. The highest BCUT2D eigenvalue weighted by molar-refractivity contribution is 5.62. The van der Waals surface area contributed by atoms with Crippen molar-refractivity contribution < 1.29 is 9.13 Å². The van der Waals surface area contributed by atoms with E-state index < -0.39 is 0 Å². The third-order valence-corrected chi connectivity index (χ3v) is 4.69. The molecule has 2 N–H and O–H groups in total. The molecule has 2 heterocycles. The molecular formula is C19H27FN4O. The van der Waals surface area contributed by atoms with Gasteiger partial charge in [-0.25, -0.2) is 4.39 Å². The number of halogens is 1. The fourth-order valence-corrected chi connectivity index (χ4v) is 3.31. The highest BCUT2D eigenvalue weighted by Gasteiger charge is 2.18. The van der Waals surface area contributed by atoms with Crippen LogP contribution < -0.4 is 5.73 Å². The van der Waals surface area contributed by atoms with Crippen LogP contribution in [0.15, 0.2) is 30.5 Å². The second kappa shape index (κ2) is 8.56.